The maximum atomic E-state index is 12.3. The van der Waals surface area contributed by atoms with E-state index in [9.17, 15) is 13.2 Å². The quantitative estimate of drug-likeness (QED) is 0.296. The molecule has 0 aliphatic heterocycles. The Labute approximate surface area is 189 Å². The van der Waals surface area contributed by atoms with Gasteiger partial charge in [-0.2, -0.15) is 13.2 Å². The highest BCUT2D eigenvalue weighted by molar-refractivity contribution is 14.0. The molecule has 2 rings (SSSR count). The molecule has 0 saturated heterocycles. The number of benzene rings is 2. The van der Waals surface area contributed by atoms with E-state index in [-0.39, 0.29) is 48.0 Å². The second-order valence-corrected chi connectivity index (χ2v) is 5.79. The Kier molecular flexibility index (Phi) is 9.82. The van der Waals surface area contributed by atoms with Crippen molar-refractivity contribution in [2.45, 2.75) is 12.7 Å². The summed E-state index contributed by atoms with van der Waals surface area (Å²) < 4.78 is 57.2. The highest BCUT2D eigenvalue weighted by Crippen LogP contribution is 2.31. The average Bonchev–Trinajstić information content (AvgIpc) is 2.70. The van der Waals surface area contributed by atoms with Crippen LogP contribution in [0.3, 0.4) is 0 Å². The van der Waals surface area contributed by atoms with Crippen molar-refractivity contribution < 1.29 is 32.1 Å². The van der Waals surface area contributed by atoms with E-state index in [0.29, 0.717) is 22.7 Å². The summed E-state index contributed by atoms with van der Waals surface area (Å²) in [4.78, 5) is 4.21. The van der Waals surface area contributed by atoms with Crippen LogP contribution >= 0.6 is 24.0 Å². The summed E-state index contributed by atoms with van der Waals surface area (Å²) in [7, 11) is 4.40. The zero-order valence-electron chi connectivity index (χ0n) is 16.6. The van der Waals surface area contributed by atoms with Gasteiger partial charge in [-0.05, 0) is 29.8 Å². The first-order valence-electron chi connectivity index (χ1n) is 8.41. The van der Waals surface area contributed by atoms with E-state index in [0.717, 1.165) is 0 Å². The molecule has 2 aromatic rings. The number of halogens is 4. The van der Waals surface area contributed by atoms with Gasteiger partial charge >= 0.3 is 6.18 Å². The van der Waals surface area contributed by atoms with Crippen LogP contribution in [0.5, 0.6) is 23.0 Å². The monoisotopic (exact) mass is 541 g/mol. The Bertz CT molecular complexity index is 863. The molecule has 2 aromatic carbocycles. The number of nitrogens with two attached hydrogens (primary N) is 1. The zero-order valence-corrected chi connectivity index (χ0v) is 18.9. The predicted molar refractivity (Wildman–Crippen MR) is 118 cm³/mol. The fourth-order valence-electron chi connectivity index (χ4n) is 2.37. The molecular formula is C19H23F3IN3O4. The van der Waals surface area contributed by atoms with Crippen LogP contribution in [0.1, 0.15) is 5.56 Å². The molecule has 166 valence electrons. The summed E-state index contributed by atoms with van der Waals surface area (Å²) in [5, 5.41) is 2.93. The summed E-state index contributed by atoms with van der Waals surface area (Å²) in [6.07, 6.45) is -4.43. The van der Waals surface area contributed by atoms with E-state index in [1.807, 2.05) is 0 Å². The smallest absolute Gasteiger partial charge is 0.422 e. The zero-order chi connectivity index (χ0) is 21.4. The highest BCUT2D eigenvalue weighted by Gasteiger charge is 2.29. The maximum absolute atomic E-state index is 12.3. The number of rotatable bonds is 8. The lowest BCUT2D eigenvalue weighted by Crippen LogP contribution is -2.22. The number of hydrogen-bond donors (Lipinski definition) is 2. The number of anilines is 1. The number of guanidine groups is 1. The Hall–Kier alpha value is -2.57. The summed E-state index contributed by atoms with van der Waals surface area (Å²) in [6, 6.07) is 9.70. The highest BCUT2D eigenvalue weighted by atomic mass is 127. The van der Waals surface area contributed by atoms with Crippen LogP contribution in [0.25, 0.3) is 0 Å². The van der Waals surface area contributed by atoms with Crippen LogP contribution in [-0.2, 0) is 6.54 Å². The van der Waals surface area contributed by atoms with Crippen molar-refractivity contribution in [1.29, 1.82) is 0 Å². The number of nitrogens with zero attached hydrogens (tertiary/aromatic N) is 1. The topological polar surface area (TPSA) is 87.3 Å². The van der Waals surface area contributed by atoms with Gasteiger partial charge in [-0.3, -0.25) is 0 Å². The minimum atomic E-state index is -4.43. The van der Waals surface area contributed by atoms with E-state index < -0.39 is 12.8 Å². The fraction of sp³-hybridized carbons (Fsp3) is 0.316. The number of hydrogen-bond acceptors (Lipinski definition) is 5. The lowest BCUT2D eigenvalue weighted by atomic mass is 10.2. The van der Waals surface area contributed by atoms with Crippen LogP contribution in [0.2, 0.25) is 0 Å². The molecule has 7 nitrogen and oxygen atoms in total. The fourth-order valence-corrected chi connectivity index (χ4v) is 2.37. The molecule has 0 fully saturated rings. The van der Waals surface area contributed by atoms with E-state index >= 15 is 0 Å². The third kappa shape index (κ3) is 7.69. The summed E-state index contributed by atoms with van der Waals surface area (Å²) >= 11 is 0. The van der Waals surface area contributed by atoms with Crippen molar-refractivity contribution >= 4 is 35.6 Å². The summed E-state index contributed by atoms with van der Waals surface area (Å²) in [6.45, 7) is -1.22. The molecule has 3 N–H and O–H groups in total. The third-order valence-corrected chi connectivity index (χ3v) is 3.71. The molecule has 0 atom stereocenters. The maximum Gasteiger partial charge on any atom is 0.422 e. The molecule has 11 heteroatoms. The van der Waals surface area contributed by atoms with Crippen LogP contribution < -0.4 is 30.0 Å². The Morgan fingerprint density at radius 3 is 2.13 bits per heavy atom. The number of alkyl halides is 3. The van der Waals surface area contributed by atoms with E-state index in [2.05, 4.69) is 10.3 Å². The van der Waals surface area contributed by atoms with Gasteiger partial charge in [0.1, 0.15) is 0 Å². The van der Waals surface area contributed by atoms with Gasteiger partial charge in [0.15, 0.2) is 35.6 Å². The molecule has 30 heavy (non-hydrogen) atoms. The van der Waals surface area contributed by atoms with Crippen LogP contribution in [0.4, 0.5) is 18.9 Å². The first-order chi connectivity index (χ1) is 13.8. The summed E-state index contributed by atoms with van der Waals surface area (Å²) in [5.41, 5.74) is 7.23. The molecule has 0 spiro atoms. The van der Waals surface area contributed by atoms with Gasteiger partial charge in [0, 0.05) is 11.8 Å². The molecule has 0 aromatic heterocycles. The Morgan fingerprint density at radius 1 is 0.933 bits per heavy atom. The van der Waals surface area contributed by atoms with Crippen molar-refractivity contribution in [2.24, 2.45) is 10.7 Å². The lowest BCUT2D eigenvalue weighted by molar-refractivity contribution is -0.153. The number of ether oxygens (including phenoxy) is 4. The normalized spacial score (nSPS) is 11.3. The molecular weight excluding hydrogens is 518 g/mol. The molecule has 0 aliphatic carbocycles. The van der Waals surface area contributed by atoms with Gasteiger partial charge in [0.05, 0.1) is 27.9 Å². The average molecular weight is 541 g/mol. The van der Waals surface area contributed by atoms with Gasteiger partial charge in [-0.15, -0.1) is 24.0 Å². The molecule has 0 aliphatic rings. The Morgan fingerprint density at radius 2 is 1.53 bits per heavy atom. The Balaban J connectivity index is 0.00000450. The molecule has 0 amide bonds. The van der Waals surface area contributed by atoms with Crippen molar-refractivity contribution in [1.82, 2.24) is 0 Å². The van der Waals surface area contributed by atoms with Crippen molar-refractivity contribution in [3.8, 4) is 23.0 Å². The molecule has 0 unspecified atom stereocenters. The van der Waals surface area contributed by atoms with E-state index in [4.69, 9.17) is 24.7 Å². The SMILES string of the molecule is COc1ccc(NC(N)=NCc2ccc(OCC(F)(F)F)c(OC)c2)cc1OC.I. The van der Waals surface area contributed by atoms with Crippen LogP contribution in [0.15, 0.2) is 41.4 Å². The second kappa shape index (κ2) is 11.6. The van der Waals surface area contributed by atoms with Crippen LogP contribution in [0, 0.1) is 0 Å². The van der Waals surface area contributed by atoms with E-state index in [1.165, 1.54) is 27.4 Å². The first-order valence-corrected chi connectivity index (χ1v) is 8.41. The van der Waals surface area contributed by atoms with Gasteiger partial charge in [0.2, 0.25) is 0 Å². The molecule has 0 saturated carbocycles. The lowest BCUT2D eigenvalue weighted by Gasteiger charge is -2.13. The number of methoxy groups -OCH3 is 3. The summed E-state index contributed by atoms with van der Waals surface area (Å²) in [5.74, 6) is 1.42. The van der Waals surface area contributed by atoms with Crippen molar-refractivity contribution in [3.05, 3.63) is 42.0 Å². The van der Waals surface area contributed by atoms with Gasteiger partial charge < -0.3 is 30.0 Å². The van der Waals surface area contributed by atoms with E-state index in [1.54, 1.807) is 30.3 Å². The predicted octanol–water partition coefficient (Wildman–Crippen LogP) is 4.20. The van der Waals surface area contributed by atoms with Gasteiger partial charge in [-0.25, -0.2) is 4.99 Å². The third-order valence-electron chi connectivity index (χ3n) is 3.71. The van der Waals surface area contributed by atoms with Gasteiger partial charge in [-0.1, -0.05) is 6.07 Å². The number of nitrogens with one attached hydrogen (secondary N) is 1. The largest absolute Gasteiger partial charge is 0.493 e. The van der Waals surface area contributed by atoms with Gasteiger partial charge in [0.25, 0.3) is 0 Å². The minimum Gasteiger partial charge on any atom is -0.493 e. The first kappa shape index (κ1) is 25.5. The van der Waals surface area contributed by atoms with Crippen molar-refractivity contribution in [2.75, 3.05) is 33.3 Å². The molecule has 0 bridgehead atoms. The number of aliphatic imine (C=N–C) groups is 1. The standard InChI is InChI=1S/C19H22F3N3O4.HI/c1-26-14-7-5-13(9-17(14)28-3)25-18(23)24-10-12-4-6-15(16(8-12)27-2)29-11-19(20,21)22;/h4-9H,10-11H2,1-3H3,(H3,23,24,25);1H. The second-order valence-electron chi connectivity index (χ2n) is 5.79. The minimum absolute atomic E-state index is 0. The molecule has 0 heterocycles. The van der Waals surface area contributed by atoms with Crippen LogP contribution in [-0.4, -0.2) is 40.1 Å². The van der Waals surface area contributed by atoms with Crippen molar-refractivity contribution in [3.63, 3.8) is 0 Å². The molecule has 0 radical (unpaired) electrons.